The number of rotatable bonds is 9. The minimum atomic E-state index is -1.08. The Bertz CT molecular complexity index is 760. The van der Waals surface area contributed by atoms with Gasteiger partial charge in [0.25, 0.3) is 0 Å². The lowest BCUT2D eigenvalue weighted by Crippen LogP contribution is -2.60. The maximum atomic E-state index is 13.8. The summed E-state index contributed by atoms with van der Waals surface area (Å²) >= 11 is 0. The van der Waals surface area contributed by atoms with E-state index in [-0.39, 0.29) is 31.6 Å². The fourth-order valence-electron chi connectivity index (χ4n) is 5.36. The number of carbonyl (C=O) groups is 3. The molecule has 0 aliphatic carbocycles. The topological polar surface area (TPSA) is 96.4 Å². The molecule has 172 valence electrons. The van der Waals surface area contributed by atoms with E-state index in [9.17, 15) is 19.5 Å². The molecule has 8 heteroatoms. The molecule has 3 aliphatic rings. The monoisotopic (exact) mass is 434 g/mol. The normalized spacial score (nSPS) is 31.5. The summed E-state index contributed by atoms with van der Waals surface area (Å²) in [7, 11) is 0. The van der Waals surface area contributed by atoms with Crippen molar-refractivity contribution in [1.82, 2.24) is 9.80 Å². The number of β-amino-alcohol motifs (C(OH)–C–C–N with tert-alkyl or cyclic N) is 1. The van der Waals surface area contributed by atoms with Crippen LogP contribution < -0.4 is 0 Å². The average molecular weight is 435 g/mol. The zero-order chi connectivity index (χ0) is 23.0. The fraction of sp³-hybridized carbons (Fsp3) is 0.696. The van der Waals surface area contributed by atoms with E-state index in [4.69, 9.17) is 9.47 Å². The van der Waals surface area contributed by atoms with Crippen LogP contribution in [0, 0.1) is 11.8 Å². The van der Waals surface area contributed by atoms with Gasteiger partial charge in [0, 0.05) is 18.6 Å². The standard InChI is InChI=1S/C23H34N2O6/c1-6-8-14-30-21(29)16-15-9-10-23(31-15)17(16)19(27)24(12-13-26)18(23)20(28)25(11-7-2)22(3,4)5/h6-7,15-18,26H,1-2,8-14H2,3-5H3/t15-,16+,17-,18?,23?/m0/s1. The van der Waals surface area contributed by atoms with E-state index < -0.39 is 41.1 Å². The molecule has 3 aliphatic heterocycles. The van der Waals surface area contributed by atoms with E-state index in [1.54, 1.807) is 17.1 Å². The Morgan fingerprint density at radius 2 is 2.06 bits per heavy atom. The molecule has 0 aromatic rings. The third-order valence-electron chi connectivity index (χ3n) is 6.60. The molecule has 5 atom stereocenters. The van der Waals surface area contributed by atoms with E-state index in [0.29, 0.717) is 25.8 Å². The Kier molecular flexibility index (Phi) is 6.62. The molecule has 1 N–H and O–H groups in total. The summed E-state index contributed by atoms with van der Waals surface area (Å²) in [6, 6.07) is -0.896. The zero-order valence-corrected chi connectivity index (χ0v) is 18.7. The van der Waals surface area contributed by atoms with E-state index >= 15 is 0 Å². The number of amides is 2. The second-order valence-electron chi connectivity index (χ2n) is 9.46. The van der Waals surface area contributed by atoms with Crippen molar-refractivity contribution in [2.75, 3.05) is 26.3 Å². The molecule has 0 aromatic heterocycles. The van der Waals surface area contributed by atoms with Crippen molar-refractivity contribution in [1.29, 1.82) is 0 Å². The van der Waals surface area contributed by atoms with Gasteiger partial charge in [-0.05, 0) is 40.0 Å². The molecule has 8 nitrogen and oxygen atoms in total. The van der Waals surface area contributed by atoms with Crippen LogP contribution in [-0.2, 0) is 23.9 Å². The lowest BCUT2D eigenvalue weighted by atomic mass is 9.70. The number of aliphatic hydroxyl groups excluding tert-OH is 1. The summed E-state index contributed by atoms with van der Waals surface area (Å²) in [6.45, 7) is 13.4. The zero-order valence-electron chi connectivity index (χ0n) is 18.7. The predicted octanol–water partition coefficient (Wildman–Crippen LogP) is 1.29. The van der Waals surface area contributed by atoms with Crippen molar-refractivity contribution < 1.29 is 29.0 Å². The number of hydrogen-bond donors (Lipinski definition) is 1. The van der Waals surface area contributed by atoms with Crippen LogP contribution in [0.3, 0.4) is 0 Å². The Morgan fingerprint density at radius 1 is 1.35 bits per heavy atom. The van der Waals surface area contributed by atoms with Crippen LogP contribution in [-0.4, -0.2) is 82.3 Å². The molecule has 2 amide bonds. The van der Waals surface area contributed by atoms with Crippen LogP contribution in [0.2, 0.25) is 0 Å². The van der Waals surface area contributed by atoms with Gasteiger partial charge in [-0.25, -0.2) is 0 Å². The lowest BCUT2D eigenvalue weighted by Gasteiger charge is -2.41. The number of nitrogens with zero attached hydrogens (tertiary/aromatic N) is 2. The third kappa shape index (κ3) is 3.80. The van der Waals surface area contributed by atoms with Crippen LogP contribution in [0.25, 0.3) is 0 Å². The van der Waals surface area contributed by atoms with Gasteiger partial charge in [-0.1, -0.05) is 12.2 Å². The van der Waals surface area contributed by atoms with Gasteiger partial charge in [-0.2, -0.15) is 0 Å². The van der Waals surface area contributed by atoms with Crippen LogP contribution in [0.5, 0.6) is 0 Å². The van der Waals surface area contributed by atoms with Gasteiger partial charge in [0.2, 0.25) is 11.8 Å². The highest BCUT2D eigenvalue weighted by Gasteiger charge is 2.75. The lowest BCUT2D eigenvalue weighted by molar-refractivity contribution is -0.155. The molecule has 0 saturated carbocycles. The average Bonchev–Trinajstić information content (AvgIpc) is 3.33. The number of carbonyl (C=O) groups excluding carboxylic acids is 3. The van der Waals surface area contributed by atoms with Crippen LogP contribution in [0.4, 0.5) is 0 Å². The van der Waals surface area contributed by atoms with Crippen LogP contribution in [0.1, 0.15) is 40.0 Å². The summed E-state index contributed by atoms with van der Waals surface area (Å²) in [4.78, 5) is 43.2. The number of aliphatic hydroxyl groups is 1. The van der Waals surface area contributed by atoms with Crippen LogP contribution in [0.15, 0.2) is 25.3 Å². The maximum Gasteiger partial charge on any atom is 0.312 e. The molecule has 3 fully saturated rings. The van der Waals surface area contributed by atoms with E-state index in [1.165, 1.54) is 4.90 Å². The molecule has 31 heavy (non-hydrogen) atoms. The van der Waals surface area contributed by atoms with Crippen molar-refractivity contribution >= 4 is 17.8 Å². The molecular formula is C23H34N2O6. The smallest absolute Gasteiger partial charge is 0.312 e. The van der Waals surface area contributed by atoms with Gasteiger partial charge in [-0.3, -0.25) is 14.4 Å². The second-order valence-corrected chi connectivity index (χ2v) is 9.46. The van der Waals surface area contributed by atoms with Crippen molar-refractivity contribution in [2.45, 2.75) is 63.3 Å². The minimum absolute atomic E-state index is 0.00577. The van der Waals surface area contributed by atoms with Crippen molar-refractivity contribution in [3.63, 3.8) is 0 Å². The van der Waals surface area contributed by atoms with Crippen LogP contribution >= 0.6 is 0 Å². The molecule has 3 rings (SSSR count). The minimum Gasteiger partial charge on any atom is -0.465 e. The Balaban J connectivity index is 1.98. The van der Waals surface area contributed by atoms with Crippen molar-refractivity contribution in [3.8, 4) is 0 Å². The maximum absolute atomic E-state index is 13.8. The predicted molar refractivity (Wildman–Crippen MR) is 114 cm³/mol. The van der Waals surface area contributed by atoms with Crippen molar-refractivity contribution in [2.24, 2.45) is 11.8 Å². The summed E-state index contributed by atoms with van der Waals surface area (Å²) in [5.41, 5.74) is -1.59. The first kappa shape index (κ1) is 23.5. The van der Waals surface area contributed by atoms with Gasteiger partial charge in [0.05, 0.1) is 31.2 Å². The largest absolute Gasteiger partial charge is 0.465 e. The Labute approximate surface area is 183 Å². The van der Waals surface area contributed by atoms with E-state index in [0.717, 1.165) is 0 Å². The van der Waals surface area contributed by atoms with Gasteiger partial charge in [-0.15, -0.1) is 13.2 Å². The van der Waals surface area contributed by atoms with Crippen molar-refractivity contribution in [3.05, 3.63) is 25.3 Å². The first-order chi connectivity index (χ1) is 14.6. The van der Waals surface area contributed by atoms with Gasteiger partial charge in [0.1, 0.15) is 11.6 Å². The molecule has 3 saturated heterocycles. The highest BCUT2D eigenvalue weighted by molar-refractivity contribution is 5.98. The highest BCUT2D eigenvalue weighted by Crippen LogP contribution is 2.58. The van der Waals surface area contributed by atoms with Gasteiger partial charge < -0.3 is 24.4 Å². The number of likely N-dealkylation sites (tertiary alicyclic amines) is 1. The summed E-state index contributed by atoms with van der Waals surface area (Å²) in [6.07, 6.45) is 4.48. The SMILES string of the molecule is C=CCCOC(=O)[C@@H]1[C@@H]2CCC3(O2)C(C(=O)N(CC=C)C(C)(C)C)N(CCO)C(=O)[C@H]13. The Hall–Kier alpha value is -2.19. The van der Waals surface area contributed by atoms with Gasteiger partial charge in [0.15, 0.2) is 0 Å². The summed E-state index contributed by atoms with van der Waals surface area (Å²) < 4.78 is 11.7. The number of fused-ring (bicyclic) bond motifs is 1. The number of ether oxygens (including phenoxy) is 2. The number of hydrogen-bond acceptors (Lipinski definition) is 6. The second kappa shape index (κ2) is 8.74. The molecule has 2 unspecified atom stereocenters. The fourth-order valence-corrected chi connectivity index (χ4v) is 5.36. The molecule has 1 spiro atoms. The Morgan fingerprint density at radius 3 is 2.65 bits per heavy atom. The summed E-state index contributed by atoms with van der Waals surface area (Å²) in [5.74, 6) is -2.57. The quantitative estimate of drug-likeness (QED) is 0.334. The van der Waals surface area contributed by atoms with E-state index in [2.05, 4.69) is 13.2 Å². The highest BCUT2D eigenvalue weighted by atomic mass is 16.6. The number of esters is 1. The first-order valence-electron chi connectivity index (χ1n) is 10.9. The third-order valence-corrected chi connectivity index (χ3v) is 6.60. The summed E-state index contributed by atoms with van der Waals surface area (Å²) in [5, 5.41) is 9.62. The van der Waals surface area contributed by atoms with Gasteiger partial charge >= 0.3 is 5.97 Å². The molecular weight excluding hydrogens is 400 g/mol. The molecule has 3 heterocycles. The first-order valence-corrected chi connectivity index (χ1v) is 10.9. The molecule has 2 bridgehead atoms. The van der Waals surface area contributed by atoms with E-state index in [1.807, 2.05) is 20.8 Å². The molecule has 0 radical (unpaired) electrons. The molecule has 0 aromatic carbocycles.